The lowest BCUT2D eigenvalue weighted by atomic mass is 9.55. The number of hydrogen-bond donors (Lipinski definition) is 1. The number of amides is 1. The van der Waals surface area contributed by atoms with Crippen molar-refractivity contribution >= 4 is 23.7 Å². The summed E-state index contributed by atoms with van der Waals surface area (Å²) in [4.78, 5) is 18.6. The zero-order chi connectivity index (χ0) is 22.4. The molecule has 0 aliphatic heterocycles. The van der Waals surface area contributed by atoms with Crippen molar-refractivity contribution in [1.29, 1.82) is 0 Å². The Balaban J connectivity index is 1.44. The standard InChI is InChI=1S/C28H39ClN2O/c1-2-27(12-13-29)23-14-26(22-6-4-3-5-7-22)16-24(27)28(15-23,19-26)25(32)31-18-21-10-8-20(17-30)9-11-21/h3-7,18,20-21,23-24H,2,8-17,19,30H2,1H3/b31-18+. The van der Waals surface area contributed by atoms with E-state index in [9.17, 15) is 4.79 Å². The maximum atomic E-state index is 13.9. The first-order chi connectivity index (χ1) is 15.5. The van der Waals surface area contributed by atoms with Gasteiger partial charge in [0.25, 0.3) is 5.91 Å². The Morgan fingerprint density at radius 3 is 2.56 bits per heavy atom. The second kappa shape index (κ2) is 8.55. The number of aliphatic imine (C=N–C) groups is 1. The summed E-state index contributed by atoms with van der Waals surface area (Å²) in [5, 5.41) is 0. The van der Waals surface area contributed by atoms with E-state index in [1.54, 1.807) is 0 Å². The topological polar surface area (TPSA) is 55.5 Å². The Morgan fingerprint density at radius 1 is 1.16 bits per heavy atom. The lowest BCUT2D eigenvalue weighted by Gasteiger charge is -2.49. The van der Waals surface area contributed by atoms with Gasteiger partial charge in [0.1, 0.15) is 0 Å². The third-order valence-electron chi connectivity index (χ3n) is 10.3. The smallest absolute Gasteiger partial charge is 0.251 e. The summed E-state index contributed by atoms with van der Waals surface area (Å²) in [6.45, 7) is 3.11. The molecule has 4 bridgehead atoms. The maximum absolute atomic E-state index is 13.9. The highest BCUT2D eigenvalue weighted by molar-refractivity contribution is 6.17. The van der Waals surface area contributed by atoms with E-state index >= 15 is 0 Å². The summed E-state index contributed by atoms with van der Waals surface area (Å²) in [7, 11) is 0. The Bertz CT molecular complexity index is 863. The first-order valence-electron chi connectivity index (χ1n) is 12.9. The molecule has 0 saturated heterocycles. The van der Waals surface area contributed by atoms with Gasteiger partial charge >= 0.3 is 0 Å². The minimum atomic E-state index is -0.286. The maximum Gasteiger partial charge on any atom is 0.251 e. The number of nitrogens with zero attached hydrogens (tertiary/aromatic N) is 1. The number of carbonyl (C=O) groups excluding carboxylic acids is 1. The molecule has 5 saturated carbocycles. The zero-order valence-electron chi connectivity index (χ0n) is 19.6. The molecule has 5 aliphatic rings. The fourth-order valence-electron chi connectivity index (χ4n) is 8.77. The van der Waals surface area contributed by atoms with E-state index in [4.69, 9.17) is 22.3 Å². The SMILES string of the molecule is CCC1(CCCl)C2CC3(c4ccccc4)CC1C(C(=O)/N=C/C1CCC(CN)CC1)(C2)C3. The molecular formula is C28H39ClN2O. The van der Waals surface area contributed by atoms with Crippen LogP contribution >= 0.6 is 11.6 Å². The zero-order valence-corrected chi connectivity index (χ0v) is 20.3. The lowest BCUT2D eigenvalue weighted by molar-refractivity contribution is -0.129. The van der Waals surface area contributed by atoms with Gasteiger partial charge in [-0.2, -0.15) is 0 Å². The van der Waals surface area contributed by atoms with Crippen molar-refractivity contribution < 1.29 is 4.79 Å². The highest BCUT2D eigenvalue weighted by Crippen LogP contribution is 2.78. The molecule has 32 heavy (non-hydrogen) atoms. The van der Waals surface area contributed by atoms with Gasteiger partial charge in [-0.05, 0) is 111 Å². The number of carbonyl (C=O) groups is 1. The Labute approximate surface area is 198 Å². The minimum absolute atomic E-state index is 0.143. The van der Waals surface area contributed by atoms with Crippen LogP contribution < -0.4 is 5.73 Å². The van der Waals surface area contributed by atoms with Crippen LogP contribution in [0, 0.1) is 34.5 Å². The molecule has 2 N–H and O–H groups in total. The highest BCUT2D eigenvalue weighted by Gasteiger charge is 2.74. The van der Waals surface area contributed by atoms with Crippen molar-refractivity contribution in [2.75, 3.05) is 12.4 Å². The van der Waals surface area contributed by atoms with E-state index < -0.39 is 0 Å². The number of hydrogen-bond acceptors (Lipinski definition) is 2. The van der Waals surface area contributed by atoms with Gasteiger partial charge in [0.2, 0.25) is 0 Å². The van der Waals surface area contributed by atoms with E-state index in [0.717, 1.165) is 51.5 Å². The van der Waals surface area contributed by atoms with Crippen molar-refractivity contribution in [1.82, 2.24) is 0 Å². The average Bonchev–Trinajstić information content (AvgIpc) is 3.20. The molecule has 0 radical (unpaired) electrons. The van der Waals surface area contributed by atoms with Crippen LogP contribution in [0.2, 0.25) is 0 Å². The van der Waals surface area contributed by atoms with Crippen LogP contribution in [0.3, 0.4) is 0 Å². The molecule has 0 spiro atoms. The van der Waals surface area contributed by atoms with Crippen LogP contribution in [0.15, 0.2) is 35.3 Å². The largest absolute Gasteiger partial charge is 0.330 e. The van der Waals surface area contributed by atoms with Crippen LogP contribution in [0.4, 0.5) is 0 Å². The molecule has 5 atom stereocenters. The van der Waals surface area contributed by atoms with Crippen LogP contribution in [0.5, 0.6) is 0 Å². The van der Waals surface area contributed by atoms with Crippen molar-refractivity contribution in [2.24, 2.45) is 45.2 Å². The second-order valence-electron chi connectivity index (χ2n) is 11.5. The highest BCUT2D eigenvalue weighted by atomic mass is 35.5. The monoisotopic (exact) mass is 454 g/mol. The molecule has 3 nitrogen and oxygen atoms in total. The molecule has 5 aliphatic carbocycles. The first-order valence-corrected chi connectivity index (χ1v) is 13.5. The molecule has 5 unspecified atom stereocenters. The average molecular weight is 455 g/mol. The molecule has 0 aromatic heterocycles. The molecule has 4 heteroatoms. The fourth-order valence-corrected chi connectivity index (χ4v) is 9.12. The van der Waals surface area contributed by atoms with Gasteiger partial charge in [-0.1, -0.05) is 37.3 Å². The Morgan fingerprint density at radius 2 is 1.91 bits per heavy atom. The number of nitrogens with two attached hydrogens (primary N) is 1. The Kier molecular flexibility index (Phi) is 6.03. The van der Waals surface area contributed by atoms with Crippen molar-refractivity contribution in [3.63, 3.8) is 0 Å². The molecule has 1 aromatic carbocycles. The molecule has 174 valence electrons. The molecular weight excluding hydrogens is 416 g/mol. The van der Waals surface area contributed by atoms with E-state index in [2.05, 4.69) is 37.3 Å². The van der Waals surface area contributed by atoms with Crippen LogP contribution in [0.25, 0.3) is 0 Å². The molecule has 1 amide bonds. The summed E-state index contributed by atoms with van der Waals surface area (Å²) < 4.78 is 0. The number of rotatable bonds is 7. The van der Waals surface area contributed by atoms with Gasteiger partial charge in [0, 0.05) is 12.1 Å². The third kappa shape index (κ3) is 3.33. The van der Waals surface area contributed by atoms with E-state index in [-0.39, 0.29) is 22.2 Å². The van der Waals surface area contributed by atoms with Crippen molar-refractivity contribution in [3.05, 3.63) is 35.9 Å². The summed E-state index contributed by atoms with van der Waals surface area (Å²) in [5.41, 5.74) is 7.36. The number of benzene rings is 1. The van der Waals surface area contributed by atoms with Gasteiger partial charge in [-0.25, -0.2) is 4.99 Å². The predicted molar refractivity (Wildman–Crippen MR) is 132 cm³/mol. The van der Waals surface area contributed by atoms with Gasteiger partial charge in [0.05, 0.1) is 5.41 Å². The van der Waals surface area contributed by atoms with Gasteiger partial charge in [-0.3, -0.25) is 4.79 Å². The van der Waals surface area contributed by atoms with Gasteiger partial charge in [-0.15, -0.1) is 11.6 Å². The molecule has 0 heterocycles. The van der Waals surface area contributed by atoms with E-state index in [1.807, 2.05) is 6.21 Å². The third-order valence-corrected chi connectivity index (χ3v) is 10.5. The number of alkyl halides is 1. The summed E-state index contributed by atoms with van der Waals surface area (Å²) in [6.07, 6.45) is 13.1. The van der Waals surface area contributed by atoms with E-state index in [1.165, 1.54) is 24.8 Å². The van der Waals surface area contributed by atoms with Gasteiger partial charge in [0.15, 0.2) is 0 Å². The Hall–Kier alpha value is -1.19. The van der Waals surface area contributed by atoms with E-state index in [0.29, 0.717) is 29.6 Å². The van der Waals surface area contributed by atoms with Crippen LogP contribution in [-0.4, -0.2) is 24.5 Å². The normalized spacial score (nSPS) is 42.7. The summed E-state index contributed by atoms with van der Waals surface area (Å²) >= 11 is 6.36. The second-order valence-corrected chi connectivity index (χ2v) is 11.8. The quantitative estimate of drug-likeness (QED) is 0.397. The van der Waals surface area contributed by atoms with Gasteiger partial charge < -0.3 is 5.73 Å². The predicted octanol–water partition coefficient (Wildman–Crippen LogP) is 6.13. The van der Waals surface area contributed by atoms with Crippen molar-refractivity contribution in [3.8, 4) is 0 Å². The number of halogens is 1. The molecule has 1 aromatic rings. The van der Waals surface area contributed by atoms with Crippen molar-refractivity contribution in [2.45, 2.75) is 76.5 Å². The lowest BCUT2D eigenvalue weighted by Crippen LogP contribution is -2.42. The molecule has 6 rings (SSSR count). The summed E-state index contributed by atoms with van der Waals surface area (Å²) in [6, 6.07) is 11.0. The first kappa shape index (κ1) is 22.6. The van der Waals surface area contributed by atoms with Crippen LogP contribution in [-0.2, 0) is 10.2 Å². The summed E-state index contributed by atoms with van der Waals surface area (Å²) in [5.74, 6) is 2.96. The fraction of sp³-hybridized carbons (Fsp3) is 0.714. The molecule has 5 fully saturated rings. The van der Waals surface area contributed by atoms with Crippen LogP contribution in [0.1, 0.15) is 76.7 Å². The minimum Gasteiger partial charge on any atom is -0.330 e.